The summed E-state index contributed by atoms with van der Waals surface area (Å²) in [7, 11) is 1.77. The molecule has 1 aliphatic heterocycles. The third kappa shape index (κ3) is 5.59. The van der Waals surface area contributed by atoms with Gasteiger partial charge in [-0.05, 0) is 38.8 Å². The first-order valence-electron chi connectivity index (χ1n) is 10.2. The molecule has 7 nitrogen and oxygen atoms in total. The van der Waals surface area contributed by atoms with Crippen LogP contribution in [0, 0.1) is 12.8 Å². The number of likely N-dealkylation sites (tertiary alicyclic amines) is 1. The monoisotopic (exact) mass is 398 g/mol. The molecule has 3 rings (SSSR count). The number of ether oxygens (including phenoxy) is 1. The van der Waals surface area contributed by atoms with Gasteiger partial charge in [-0.1, -0.05) is 17.7 Å². The first-order chi connectivity index (χ1) is 14.1. The van der Waals surface area contributed by atoms with Gasteiger partial charge in [0.05, 0.1) is 18.2 Å². The number of piperidine rings is 1. The van der Waals surface area contributed by atoms with Gasteiger partial charge in [0.1, 0.15) is 6.26 Å². The van der Waals surface area contributed by atoms with Gasteiger partial charge in [0, 0.05) is 38.7 Å². The largest absolute Gasteiger partial charge is 0.466 e. The maximum absolute atomic E-state index is 12.1. The Balaban J connectivity index is 1.51. The van der Waals surface area contributed by atoms with Crippen molar-refractivity contribution in [1.29, 1.82) is 0 Å². The Labute approximate surface area is 172 Å². The summed E-state index contributed by atoms with van der Waals surface area (Å²) in [6.07, 6.45) is 4.25. The number of guanidine groups is 1. The van der Waals surface area contributed by atoms with Crippen molar-refractivity contribution in [2.75, 3.05) is 33.3 Å². The van der Waals surface area contributed by atoms with E-state index in [2.05, 4.69) is 27.1 Å². The molecule has 0 radical (unpaired) electrons. The van der Waals surface area contributed by atoms with Crippen molar-refractivity contribution in [2.45, 2.75) is 33.1 Å². The van der Waals surface area contributed by atoms with E-state index in [1.165, 1.54) is 5.56 Å². The van der Waals surface area contributed by atoms with Crippen molar-refractivity contribution in [3.05, 3.63) is 41.8 Å². The Bertz CT molecular complexity index is 829. The van der Waals surface area contributed by atoms with Crippen LogP contribution in [0.3, 0.4) is 0 Å². The van der Waals surface area contributed by atoms with E-state index in [0.717, 1.165) is 43.0 Å². The summed E-state index contributed by atoms with van der Waals surface area (Å²) in [5, 5.41) is 3.38. The molecule has 2 heterocycles. The number of aliphatic imine (C=N–C) groups is 1. The predicted molar refractivity (Wildman–Crippen MR) is 113 cm³/mol. The van der Waals surface area contributed by atoms with Crippen LogP contribution in [-0.2, 0) is 16.0 Å². The van der Waals surface area contributed by atoms with Crippen LogP contribution in [0.2, 0.25) is 0 Å². The van der Waals surface area contributed by atoms with Gasteiger partial charge in [0.25, 0.3) is 0 Å². The molecular formula is C22H30N4O3. The Kier molecular flexibility index (Phi) is 7.27. The molecule has 1 saturated heterocycles. The average molecular weight is 399 g/mol. The molecule has 1 unspecified atom stereocenters. The maximum atomic E-state index is 12.1. The molecule has 1 aromatic carbocycles. The van der Waals surface area contributed by atoms with Crippen LogP contribution in [0.5, 0.6) is 0 Å². The van der Waals surface area contributed by atoms with Crippen LogP contribution in [0.15, 0.2) is 39.9 Å². The molecule has 7 heteroatoms. The van der Waals surface area contributed by atoms with Crippen molar-refractivity contribution >= 4 is 11.9 Å². The highest BCUT2D eigenvalue weighted by Crippen LogP contribution is 2.20. The van der Waals surface area contributed by atoms with Gasteiger partial charge in [-0.25, -0.2) is 4.98 Å². The molecule has 1 N–H and O–H groups in total. The molecule has 0 bridgehead atoms. The first kappa shape index (κ1) is 20.9. The Morgan fingerprint density at radius 2 is 2.17 bits per heavy atom. The number of carbonyl (C=O) groups excluding carboxylic acids is 1. The van der Waals surface area contributed by atoms with Crippen molar-refractivity contribution in [3.63, 3.8) is 0 Å². The molecule has 0 spiro atoms. The number of aromatic nitrogens is 1. The summed E-state index contributed by atoms with van der Waals surface area (Å²) >= 11 is 0. The van der Waals surface area contributed by atoms with Gasteiger partial charge < -0.3 is 19.4 Å². The third-order valence-electron chi connectivity index (χ3n) is 5.07. The fourth-order valence-electron chi connectivity index (χ4n) is 3.51. The summed E-state index contributed by atoms with van der Waals surface area (Å²) < 4.78 is 10.8. The SMILES string of the molecule is CCOC(=O)C1CCCN(C(=NC)NCCc2coc(-c3ccc(C)cc3)n2)C1. The number of nitrogens with zero attached hydrogens (tertiary/aromatic N) is 3. The topological polar surface area (TPSA) is 80.0 Å². The smallest absolute Gasteiger partial charge is 0.310 e. The number of carbonyl (C=O) groups is 1. The molecule has 0 saturated carbocycles. The van der Waals surface area contributed by atoms with Crippen molar-refractivity contribution in [3.8, 4) is 11.5 Å². The molecule has 156 valence electrons. The van der Waals surface area contributed by atoms with E-state index < -0.39 is 0 Å². The number of benzene rings is 1. The van der Waals surface area contributed by atoms with Gasteiger partial charge >= 0.3 is 5.97 Å². The van der Waals surface area contributed by atoms with Gasteiger partial charge in [-0.15, -0.1) is 0 Å². The highest BCUT2D eigenvalue weighted by molar-refractivity contribution is 5.81. The Morgan fingerprint density at radius 1 is 1.38 bits per heavy atom. The minimum atomic E-state index is -0.112. The van der Waals surface area contributed by atoms with Crippen LogP contribution in [0.25, 0.3) is 11.5 Å². The van der Waals surface area contributed by atoms with Gasteiger partial charge in [0.2, 0.25) is 5.89 Å². The lowest BCUT2D eigenvalue weighted by Crippen LogP contribution is -2.48. The van der Waals surface area contributed by atoms with Crippen LogP contribution in [0.1, 0.15) is 31.0 Å². The minimum Gasteiger partial charge on any atom is -0.466 e. The fourth-order valence-corrected chi connectivity index (χ4v) is 3.51. The zero-order valence-electron chi connectivity index (χ0n) is 17.5. The molecule has 1 aliphatic rings. The lowest BCUT2D eigenvalue weighted by molar-refractivity contribution is -0.149. The Morgan fingerprint density at radius 3 is 2.90 bits per heavy atom. The second-order valence-electron chi connectivity index (χ2n) is 7.27. The van der Waals surface area contributed by atoms with Crippen molar-refractivity contribution < 1.29 is 13.9 Å². The number of aryl methyl sites for hydroxylation is 1. The van der Waals surface area contributed by atoms with Crippen LogP contribution < -0.4 is 5.32 Å². The first-order valence-corrected chi connectivity index (χ1v) is 10.2. The molecule has 0 amide bonds. The lowest BCUT2D eigenvalue weighted by Gasteiger charge is -2.33. The number of oxazole rings is 1. The summed E-state index contributed by atoms with van der Waals surface area (Å²) in [5.74, 6) is 1.24. The Hall–Kier alpha value is -2.83. The van der Waals surface area contributed by atoms with Crippen LogP contribution >= 0.6 is 0 Å². The highest BCUT2D eigenvalue weighted by atomic mass is 16.5. The number of hydrogen-bond donors (Lipinski definition) is 1. The highest BCUT2D eigenvalue weighted by Gasteiger charge is 2.28. The number of nitrogens with one attached hydrogen (secondary N) is 1. The van der Waals surface area contributed by atoms with Crippen LogP contribution in [0.4, 0.5) is 0 Å². The van der Waals surface area contributed by atoms with E-state index in [1.807, 2.05) is 31.2 Å². The standard InChI is InChI=1S/C22H30N4O3/c1-4-28-21(27)18-6-5-13-26(14-18)22(23-3)24-12-11-19-15-29-20(25-19)17-9-7-16(2)8-10-17/h7-10,15,18H,4-6,11-14H2,1-3H3,(H,23,24). The van der Waals surface area contributed by atoms with E-state index in [1.54, 1.807) is 13.3 Å². The lowest BCUT2D eigenvalue weighted by atomic mass is 9.98. The quantitative estimate of drug-likeness (QED) is 0.458. The van der Waals surface area contributed by atoms with E-state index in [4.69, 9.17) is 9.15 Å². The molecule has 0 aliphatic carbocycles. The van der Waals surface area contributed by atoms with Gasteiger partial charge in [0.15, 0.2) is 5.96 Å². The zero-order valence-corrected chi connectivity index (χ0v) is 17.5. The minimum absolute atomic E-state index is 0.0881. The summed E-state index contributed by atoms with van der Waals surface area (Å²) in [6, 6.07) is 8.13. The molecule has 1 aromatic heterocycles. The van der Waals surface area contributed by atoms with Gasteiger partial charge in [-0.2, -0.15) is 0 Å². The van der Waals surface area contributed by atoms with Crippen LogP contribution in [-0.4, -0.2) is 55.1 Å². The van der Waals surface area contributed by atoms with Crippen molar-refractivity contribution in [2.24, 2.45) is 10.9 Å². The van der Waals surface area contributed by atoms with Gasteiger partial charge in [-0.3, -0.25) is 9.79 Å². The molecular weight excluding hydrogens is 368 g/mol. The maximum Gasteiger partial charge on any atom is 0.310 e. The second kappa shape index (κ2) is 10.1. The van der Waals surface area contributed by atoms with E-state index in [9.17, 15) is 4.79 Å². The second-order valence-corrected chi connectivity index (χ2v) is 7.27. The predicted octanol–water partition coefficient (Wildman–Crippen LogP) is 3.04. The summed E-state index contributed by atoms with van der Waals surface area (Å²) in [5.41, 5.74) is 3.08. The number of esters is 1. The summed E-state index contributed by atoms with van der Waals surface area (Å²) in [6.45, 7) is 6.53. The fraction of sp³-hybridized carbons (Fsp3) is 0.500. The molecule has 1 atom stereocenters. The zero-order chi connectivity index (χ0) is 20.6. The third-order valence-corrected chi connectivity index (χ3v) is 5.07. The summed E-state index contributed by atoms with van der Waals surface area (Å²) in [4.78, 5) is 23.2. The number of hydrogen-bond acceptors (Lipinski definition) is 5. The molecule has 29 heavy (non-hydrogen) atoms. The molecule has 1 fully saturated rings. The van der Waals surface area contributed by atoms with E-state index in [-0.39, 0.29) is 11.9 Å². The van der Waals surface area contributed by atoms with Crippen molar-refractivity contribution in [1.82, 2.24) is 15.2 Å². The average Bonchev–Trinajstić information content (AvgIpc) is 3.21. The molecule has 2 aromatic rings. The normalized spacial score (nSPS) is 17.3. The van der Waals surface area contributed by atoms with E-state index >= 15 is 0 Å². The number of rotatable bonds is 6. The van der Waals surface area contributed by atoms with E-state index in [0.29, 0.717) is 25.6 Å².